The third-order valence-electron chi connectivity index (χ3n) is 4.16. The summed E-state index contributed by atoms with van der Waals surface area (Å²) in [5, 5.41) is 0. The molecule has 0 bridgehead atoms. The SMILES string of the molecule is CCCCCCCCCC(CCCCCC)OC(=O)C(C)N. The number of unbranched alkanes of at least 4 members (excludes halogenated alkanes) is 9. The molecule has 2 unspecified atom stereocenters. The maximum atomic E-state index is 11.7. The van der Waals surface area contributed by atoms with E-state index in [0.717, 1.165) is 25.7 Å². The fourth-order valence-corrected chi connectivity index (χ4v) is 2.66. The summed E-state index contributed by atoms with van der Waals surface area (Å²) in [6, 6.07) is -0.507. The van der Waals surface area contributed by atoms with Crippen LogP contribution in [0.5, 0.6) is 0 Å². The van der Waals surface area contributed by atoms with Gasteiger partial charge in [-0.1, -0.05) is 71.6 Å². The van der Waals surface area contributed by atoms with E-state index in [0.29, 0.717) is 0 Å². The maximum absolute atomic E-state index is 11.7. The van der Waals surface area contributed by atoms with E-state index in [4.69, 9.17) is 10.5 Å². The lowest BCUT2D eigenvalue weighted by molar-refractivity contribution is -0.151. The fourth-order valence-electron chi connectivity index (χ4n) is 2.66. The van der Waals surface area contributed by atoms with Gasteiger partial charge in [-0.05, 0) is 32.6 Å². The molecule has 0 rings (SSSR count). The Morgan fingerprint density at radius 1 is 0.818 bits per heavy atom. The Balaban J connectivity index is 3.88. The standard InChI is InChI=1S/C19H39NO2/c1-4-6-8-10-11-12-14-16-18(15-13-9-7-5-2)22-19(21)17(3)20/h17-18H,4-16,20H2,1-3H3. The molecule has 0 aliphatic heterocycles. The molecular formula is C19H39NO2. The van der Waals surface area contributed by atoms with Crippen molar-refractivity contribution in [2.24, 2.45) is 5.73 Å². The molecule has 0 amide bonds. The Morgan fingerprint density at radius 3 is 1.68 bits per heavy atom. The van der Waals surface area contributed by atoms with Crippen LogP contribution in [0.1, 0.15) is 104 Å². The van der Waals surface area contributed by atoms with Crippen molar-refractivity contribution in [2.75, 3.05) is 0 Å². The van der Waals surface area contributed by atoms with Crippen LogP contribution >= 0.6 is 0 Å². The summed E-state index contributed by atoms with van der Waals surface area (Å²) in [4.78, 5) is 11.7. The third-order valence-corrected chi connectivity index (χ3v) is 4.16. The van der Waals surface area contributed by atoms with Crippen molar-refractivity contribution in [3.63, 3.8) is 0 Å². The van der Waals surface area contributed by atoms with E-state index in [9.17, 15) is 4.79 Å². The van der Waals surface area contributed by atoms with Crippen LogP contribution in [0.2, 0.25) is 0 Å². The molecule has 22 heavy (non-hydrogen) atoms. The minimum absolute atomic E-state index is 0.0750. The minimum Gasteiger partial charge on any atom is -0.461 e. The summed E-state index contributed by atoms with van der Waals surface area (Å²) in [7, 11) is 0. The number of ether oxygens (including phenoxy) is 1. The second-order valence-electron chi connectivity index (χ2n) is 6.61. The van der Waals surface area contributed by atoms with E-state index in [2.05, 4.69) is 13.8 Å². The topological polar surface area (TPSA) is 52.3 Å². The van der Waals surface area contributed by atoms with E-state index in [1.807, 2.05) is 0 Å². The molecule has 3 nitrogen and oxygen atoms in total. The van der Waals surface area contributed by atoms with Gasteiger partial charge < -0.3 is 10.5 Å². The number of nitrogens with two attached hydrogens (primary N) is 1. The molecule has 0 radical (unpaired) electrons. The molecule has 0 saturated heterocycles. The van der Waals surface area contributed by atoms with Crippen molar-refractivity contribution in [2.45, 2.75) is 116 Å². The predicted molar refractivity (Wildman–Crippen MR) is 94.9 cm³/mol. The number of carbonyl (C=O) groups is 1. The zero-order chi connectivity index (χ0) is 16.6. The van der Waals surface area contributed by atoms with Gasteiger partial charge in [0.15, 0.2) is 0 Å². The Morgan fingerprint density at radius 2 is 1.23 bits per heavy atom. The predicted octanol–water partition coefficient (Wildman–Crippen LogP) is 5.36. The lowest BCUT2D eigenvalue weighted by atomic mass is 10.0. The number of carbonyl (C=O) groups excluding carboxylic acids is 1. The smallest absolute Gasteiger partial charge is 0.322 e. The third kappa shape index (κ3) is 13.1. The summed E-state index contributed by atoms with van der Waals surface area (Å²) in [5.41, 5.74) is 5.61. The second-order valence-corrected chi connectivity index (χ2v) is 6.61. The van der Waals surface area contributed by atoms with Gasteiger partial charge in [-0.25, -0.2) is 0 Å². The molecule has 0 aromatic heterocycles. The van der Waals surface area contributed by atoms with Crippen LogP contribution in [0, 0.1) is 0 Å². The quantitative estimate of drug-likeness (QED) is 0.327. The monoisotopic (exact) mass is 313 g/mol. The number of esters is 1. The van der Waals surface area contributed by atoms with Gasteiger partial charge in [0.05, 0.1) is 0 Å². The molecule has 2 N–H and O–H groups in total. The summed E-state index contributed by atoms with van der Waals surface area (Å²) < 4.78 is 5.57. The highest BCUT2D eigenvalue weighted by Gasteiger charge is 2.16. The van der Waals surface area contributed by atoms with Crippen molar-refractivity contribution >= 4 is 5.97 Å². The zero-order valence-corrected chi connectivity index (χ0v) is 15.2. The molecule has 0 aliphatic rings. The highest BCUT2D eigenvalue weighted by molar-refractivity contribution is 5.75. The summed E-state index contributed by atoms with van der Waals surface area (Å²) in [5.74, 6) is -0.247. The van der Waals surface area contributed by atoms with E-state index >= 15 is 0 Å². The second kappa shape index (κ2) is 15.3. The molecular weight excluding hydrogens is 274 g/mol. The van der Waals surface area contributed by atoms with Crippen molar-refractivity contribution in [3.8, 4) is 0 Å². The molecule has 0 heterocycles. The summed E-state index contributed by atoms with van der Waals surface area (Å²) in [6.07, 6.45) is 16.0. The normalized spacial score (nSPS) is 13.8. The summed E-state index contributed by atoms with van der Waals surface area (Å²) >= 11 is 0. The minimum atomic E-state index is -0.507. The van der Waals surface area contributed by atoms with Crippen LogP contribution in [0.4, 0.5) is 0 Å². The fraction of sp³-hybridized carbons (Fsp3) is 0.947. The molecule has 0 aliphatic carbocycles. The Hall–Kier alpha value is -0.570. The van der Waals surface area contributed by atoms with Crippen LogP contribution in [-0.2, 0) is 9.53 Å². The van der Waals surface area contributed by atoms with Crippen LogP contribution in [0.15, 0.2) is 0 Å². The molecule has 0 aromatic carbocycles. The first-order chi connectivity index (χ1) is 10.6. The van der Waals surface area contributed by atoms with Gasteiger partial charge in [0.2, 0.25) is 0 Å². The molecule has 2 atom stereocenters. The molecule has 0 aromatic rings. The average Bonchev–Trinajstić information content (AvgIpc) is 2.50. The van der Waals surface area contributed by atoms with Gasteiger partial charge >= 0.3 is 5.97 Å². The molecule has 0 saturated carbocycles. The van der Waals surface area contributed by atoms with Gasteiger partial charge in [0, 0.05) is 0 Å². The average molecular weight is 314 g/mol. The van der Waals surface area contributed by atoms with Crippen molar-refractivity contribution in [1.82, 2.24) is 0 Å². The first-order valence-electron chi connectivity index (χ1n) is 9.57. The first kappa shape index (κ1) is 21.4. The van der Waals surface area contributed by atoms with Crippen molar-refractivity contribution in [1.29, 1.82) is 0 Å². The van der Waals surface area contributed by atoms with Crippen molar-refractivity contribution < 1.29 is 9.53 Å². The zero-order valence-electron chi connectivity index (χ0n) is 15.2. The Kier molecular flexibility index (Phi) is 14.9. The van der Waals surface area contributed by atoms with Crippen LogP contribution < -0.4 is 5.73 Å². The van der Waals surface area contributed by atoms with E-state index in [1.54, 1.807) is 6.92 Å². The van der Waals surface area contributed by atoms with Gasteiger partial charge in [-0.3, -0.25) is 4.79 Å². The van der Waals surface area contributed by atoms with E-state index in [1.165, 1.54) is 57.8 Å². The van der Waals surface area contributed by atoms with Crippen molar-refractivity contribution in [3.05, 3.63) is 0 Å². The lowest BCUT2D eigenvalue weighted by Gasteiger charge is -2.19. The van der Waals surface area contributed by atoms with Crippen LogP contribution in [-0.4, -0.2) is 18.1 Å². The number of rotatable bonds is 15. The van der Waals surface area contributed by atoms with Gasteiger partial charge in [0.1, 0.15) is 12.1 Å². The lowest BCUT2D eigenvalue weighted by Crippen LogP contribution is -2.32. The van der Waals surface area contributed by atoms with Crippen LogP contribution in [0.3, 0.4) is 0 Å². The van der Waals surface area contributed by atoms with E-state index < -0.39 is 6.04 Å². The molecule has 132 valence electrons. The highest BCUT2D eigenvalue weighted by atomic mass is 16.5. The largest absolute Gasteiger partial charge is 0.461 e. The summed E-state index contributed by atoms with van der Waals surface area (Å²) in [6.45, 7) is 6.16. The molecule has 3 heteroatoms. The van der Waals surface area contributed by atoms with Gasteiger partial charge in [-0.15, -0.1) is 0 Å². The van der Waals surface area contributed by atoms with Crippen LogP contribution in [0.25, 0.3) is 0 Å². The Bertz CT molecular complexity index is 254. The molecule has 0 spiro atoms. The van der Waals surface area contributed by atoms with Gasteiger partial charge in [0.25, 0.3) is 0 Å². The maximum Gasteiger partial charge on any atom is 0.322 e. The van der Waals surface area contributed by atoms with Gasteiger partial charge in [-0.2, -0.15) is 0 Å². The Labute approximate surface area is 138 Å². The molecule has 0 fully saturated rings. The number of hydrogen-bond donors (Lipinski definition) is 1. The number of hydrogen-bond acceptors (Lipinski definition) is 3. The van der Waals surface area contributed by atoms with E-state index in [-0.39, 0.29) is 12.1 Å². The first-order valence-corrected chi connectivity index (χ1v) is 9.57. The highest BCUT2D eigenvalue weighted by Crippen LogP contribution is 2.16.